The van der Waals surface area contributed by atoms with Crippen LogP contribution in [0.15, 0.2) is 24.3 Å². The highest BCUT2D eigenvalue weighted by atomic mass is 35.5. The highest BCUT2D eigenvalue weighted by Gasteiger charge is 2.31. The average molecular weight is 385 g/mol. The van der Waals surface area contributed by atoms with E-state index in [2.05, 4.69) is 13.8 Å². The maximum absolute atomic E-state index is 6.36. The lowest BCUT2D eigenvalue weighted by atomic mass is 9.94. The average Bonchev–Trinajstić information content (AvgIpc) is 3.16. The maximum Gasteiger partial charge on any atom is 0.183 e. The molecule has 0 atom stereocenters. The molecule has 0 saturated carbocycles. The van der Waals surface area contributed by atoms with Crippen molar-refractivity contribution in [2.45, 2.75) is 39.4 Å². The van der Waals surface area contributed by atoms with E-state index in [1.807, 2.05) is 35.7 Å². The fourth-order valence-corrected chi connectivity index (χ4v) is 4.86. The number of halogens is 1. The third-order valence-corrected chi connectivity index (χ3v) is 6.21. The minimum Gasteiger partial charge on any atom is -0.370 e. The van der Waals surface area contributed by atoms with E-state index in [0.29, 0.717) is 17.5 Å². The van der Waals surface area contributed by atoms with Crippen LogP contribution in [0.1, 0.15) is 30.1 Å². The highest BCUT2D eigenvalue weighted by Crippen LogP contribution is 2.40. The first kappa shape index (κ1) is 16.2. The summed E-state index contributed by atoms with van der Waals surface area (Å²) in [4.78, 5) is 11.9. The number of ether oxygens (including phenoxy) is 1. The Labute approximate surface area is 159 Å². The molecule has 0 aliphatic carbocycles. The van der Waals surface area contributed by atoms with Crippen molar-refractivity contribution in [3.8, 4) is 11.4 Å². The summed E-state index contributed by atoms with van der Waals surface area (Å²) in [5.74, 6) is 1.44. The van der Waals surface area contributed by atoms with Crippen molar-refractivity contribution in [3.63, 3.8) is 0 Å². The van der Waals surface area contributed by atoms with E-state index in [-0.39, 0.29) is 5.60 Å². The molecule has 1 aliphatic rings. The fourth-order valence-electron chi connectivity index (χ4n) is 3.50. The summed E-state index contributed by atoms with van der Waals surface area (Å²) in [6.45, 7) is 6.82. The van der Waals surface area contributed by atoms with Crippen molar-refractivity contribution in [2.24, 2.45) is 0 Å². The van der Waals surface area contributed by atoms with Gasteiger partial charge in [0.25, 0.3) is 0 Å². The second kappa shape index (κ2) is 5.49. The molecular formula is C19H17ClN4OS. The number of rotatable bonds is 1. The van der Waals surface area contributed by atoms with E-state index in [1.165, 1.54) is 10.4 Å². The molecule has 0 spiro atoms. The third-order valence-electron chi connectivity index (χ3n) is 4.78. The topological polar surface area (TPSA) is 52.3 Å². The van der Waals surface area contributed by atoms with Crippen molar-refractivity contribution in [1.82, 2.24) is 19.6 Å². The van der Waals surface area contributed by atoms with E-state index in [1.54, 1.807) is 11.3 Å². The molecule has 1 aliphatic heterocycles. The van der Waals surface area contributed by atoms with Gasteiger partial charge in [0, 0.05) is 16.9 Å². The van der Waals surface area contributed by atoms with Gasteiger partial charge in [-0.2, -0.15) is 4.52 Å². The molecule has 5 nitrogen and oxygen atoms in total. The van der Waals surface area contributed by atoms with E-state index < -0.39 is 0 Å². The van der Waals surface area contributed by atoms with Crippen LogP contribution < -0.4 is 0 Å². The largest absolute Gasteiger partial charge is 0.370 e. The summed E-state index contributed by atoms with van der Waals surface area (Å²) in [5.41, 5.74) is 2.78. The number of hydrogen-bond acceptors (Lipinski definition) is 5. The number of fused-ring (bicyclic) bond motifs is 5. The number of benzene rings is 1. The van der Waals surface area contributed by atoms with Gasteiger partial charge in [0.15, 0.2) is 11.5 Å². The lowest BCUT2D eigenvalue weighted by molar-refractivity contribution is -0.0379. The SMILES string of the molecule is Cc1nc2sc3c(c2c2nc(-c4ccccc4Cl)nn12)CC(C)(C)OC3. The maximum atomic E-state index is 6.36. The van der Waals surface area contributed by atoms with Gasteiger partial charge in [0.2, 0.25) is 0 Å². The smallest absolute Gasteiger partial charge is 0.183 e. The Morgan fingerprint density at radius 2 is 2.04 bits per heavy atom. The Hall–Kier alpha value is -2.02. The standard InChI is InChI=1S/C19H17ClN4OS/c1-10-21-18-15(12-8-19(2,3)25-9-14(12)26-18)17-22-16(23-24(10)17)11-6-4-5-7-13(11)20/h4-7H,8-9H2,1-3H3. The van der Waals surface area contributed by atoms with Gasteiger partial charge in [-0.3, -0.25) is 0 Å². The predicted octanol–water partition coefficient (Wildman–Crippen LogP) is 4.82. The highest BCUT2D eigenvalue weighted by molar-refractivity contribution is 7.19. The van der Waals surface area contributed by atoms with Crippen LogP contribution >= 0.6 is 22.9 Å². The zero-order valence-electron chi connectivity index (χ0n) is 14.7. The first-order valence-electron chi connectivity index (χ1n) is 8.49. The minimum atomic E-state index is -0.186. The number of thiophene rings is 1. The molecule has 132 valence electrons. The van der Waals surface area contributed by atoms with Gasteiger partial charge in [0.05, 0.1) is 22.6 Å². The van der Waals surface area contributed by atoms with E-state index in [4.69, 9.17) is 31.4 Å². The van der Waals surface area contributed by atoms with Gasteiger partial charge in [0.1, 0.15) is 10.7 Å². The van der Waals surface area contributed by atoms with Gasteiger partial charge in [-0.25, -0.2) is 9.97 Å². The predicted molar refractivity (Wildman–Crippen MR) is 104 cm³/mol. The van der Waals surface area contributed by atoms with Gasteiger partial charge in [-0.15, -0.1) is 16.4 Å². The lowest BCUT2D eigenvalue weighted by Gasteiger charge is -2.30. The third kappa shape index (κ3) is 2.36. The minimum absolute atomic E-state index is 0.186. The molecule has 0 amide bonds. The van der Waals surface area contributed by atoms with Gasteiger partial charge in [-0.05, 0) is 38.5 Å². The van der Waals surface area contributed by atoms with Crippen LogP contribution in [0.4, 0.5) is 0 Å². The molecule has 26 heavy (non-hydrogen) atoms. The molecule has 4 heterocycles. The summed E-state index contributed by atoms with van der Waals surface area (Å²) in [6.07, 6.45) is 0.844. The Morgan fingerprint density at radius 1 is 1.23 bits per heavy atom. The molecule has 0 unspecified atom stereocenters. The van der Waals surface area contributed by atoms with Crippen molar-refractivity contribution in [3.05, 3.63) is 45.6 Å². The van der Waals surface area contributed by atoms with Gasteiger partial charge < -0.3 is 4.74 Å². The first-order chi connectivity index (χ1) is 12.4. The van der Waals surface area contributed by atoms with E-state index >= 15 is 0 Å². The summed E-state index contributed by atoms with van der Waals surface area (Å²) in [5, 5.41) is 6.43. The second-order valence-electron chi connectivity index (χ2n) is 7.22. The van der Waals surface area contributed by atoms with Crippen LogP contribution in [0, 0.1) is 6.92 Å². The molecule has 7 heteroatoms. The quantitative estimate of drug-likeness (QED) is 0.472. The molecule has 3 aromatic heterocycles. The molecule has 4 aromatic rings. The number of aryl methyl sites for hydroxylation is 1. The van der Waals surface area contributed by atoms with Crippen molar-refractivity contribution in [1.29, 1.82) is 0 Å². The molecular weight excluding hydrogens is 368 g/mol. The fraction of sp³-hybridized carbons (Fsp3) is 0.316. The Balaban J connectivity index is 1.82. The van der Waals surface area contributed by atoms with E-state index in [0.717, 1.165) is 33.7 Å². The molecule has 1 aromatic carbocycles. The zero-order valence-corrected chi connectivity index (χ0v) is 16.3. The van der Waals surface area contributed by atoms with E-state index in [9.17, 15) is 0 Å². The number of nitrogens with zero attached hydrogens (tertiary/aromatic N) is 4. The zero-order chi connectivity index (χ0) is 18.1. The van der Waals surface area contributed by atoms with Crippen LogP contribution in [-0.2, 0) is 17.8 Å². The van der Waals surface area contributed by atoms with Crippen LogP contribution in [-0.4, -0.2) is 25.2 Å². The second-order valence-corrected chi connectivity index (χ2v) is 8.71. The molecule has 0 bridgehead atoms. The molecule has 0 N–H and O–H groups in total. The van der Waals surface area contributed by atoms with Gasteiger partial charge >= 0.3 is 0 Å². The van der Waals surface area contributed by atoms with Crippen molar-refractivity contribution in [2.75, 3.05) is 0 Å². The Kier molecular flexibility index (Phi) is 3.41. The normalized spacial score (nSPS) is 16.3. The first-order valence-corrected chi connectivity index (χ1v) is 9.69. The molecule has 0 radical (unpaired) electrons. The lowest BCUT2D eigenvalue weighted by Crippen LogP contribution is -2.31. The number of hydrogen-bond donors (Lipinski definition) is 0. The molecule has 0 fully saturated rings. The summed E-state index contributed by atoms with van der Waals surface area (Å²) in [7, 11) is 0. The van der Waals surface area contributed by atoms with Crippen molar-refractivity contribution >= 4 is 38.8 Å². The van der Waals surface area contributed by atoms with Crippen LogP contribution in [0.3, 0.4) is 0 Å². The van der Waals surface area contributed by atoms with Crippen LogP contribution in [0.25, 0.3) is 27.3 Å². The number of aromatic nitrogens is 4. The Morgan fingerprint density at radius 3 is 2.85 bits per heavy atom. The molecule has 0 saturated heterocycles. The van der Waals surface area contributed by atoms with Crippen LogP contribution in [0.2, 0.25) is 5.02 Å². The van der Waals surface area contributed by atoms with Gasteiger partial charge in [-0.1, -0.05) is 23.7 Å². The summed E-state index contributed by atoms with van der Waals surface area (Å²) < 4.78 is 7.81. The summed E-state index contributed by atoms with van der Waals surface area (Å²) in [6, 6.07) is 7.65. The summed E-state index contributed by atoms with van der Waals surface area (Å²) >= 11 is 8.05. The van der Waals surface area contributed by atoms with Crippen molar-refractivity contribution < 1.29 is 4.74 Å². The Bertz CT molecular complexity index is 1180. The van der Waals surface area contributed by atoms with Crippen LogP contribution in [0.5, 0.6) is 0 Å². The monoisotopic (exact) mass is 384 g/mol. The molecule has 5 rings (SSSR count).